The van der Waals surface area contributed by atoms with Crippen molar-refractivity contribution in [2.45, 2.75) is 37.7 Å². The van der Waals surface area contributed by atoms with Gasteiger partial charge in [0, 0.05) is 11.8 Å². The molecular weight excluding hydrogens is 290 g/mol. The minimum atomic E-state index is -0.932. The largest absolute Gasteiger partial charge is 0.478 e. The number of carboxylic acid groups (broad SMARTS) is 1. The molecular formula is C14H17N3O3S. The van der Waals surface area contributed by atoms with Gasteiger partial charge in [0.15, 0.2) is 5.16 Å². The summed E-state index contributed by atoms with van der Waals surface area (Å²) in [7, 11) is 0. The van der Waals surface area contributed by atoms with Crippen molar-refractivity contribution in [3.05, 3.63) is 45.4 Å². The summed E-state index contributed by atoms with van der Waals surface area (Å²) in [5, 5.41) is 16.1. The van der Waals surface area contributed by atoms with Gasteiger partial charge in [-0.3, -0.25) is 4.57 Å². The van der Waals surface area contributed by atoms with Crippen molar-refractivity contribution in [2.75, 3.05) is 0 Å². The Morgan fingerprint density at radius 3 is 2.76 bits per heavy atom. The van der Waals surface area contributed by atoms with E-state index in [4.69, 9.17) is 5.11 Å². The van der Waals surface area contributed by atoms with Gasteiger partial charge in [-0.2, -0.15) is 0 Å². The van der Waals surface area contributed by atoms with Gasteiger partial charge < -0.3 is 5.11 Å². The highest BCUT2D eigenvalue weighted by Gasteiger charge is 2.13. The van der Waals surface area contributed by atoms with E-state index in [9.17, 15) is 9.59 Å². The molecule has 0 radical (unpaired) electrons. The van der Waals surface area contributed by atoms with Gasteiger partial charge in [-0.25, -0.2) is 14.7 Å². The van der Waals surface area contributed by atoms with Crippen LogP contribution >= 0.6 is 11.8 Å². The Bertz CT molecular complexity index is 718. The molecule has 7 heteroatoms. The maximum Gasteiger partial charge on any atom is 0.344 e. The average molecular weight is 307 g/mol. The van der Waals surface area contributed by atoms with Crippen LogP contribution in [0.25, 0.3) is 0 Å². The molecule has 1 aromatic heterocycles. The number of benzene rings is 1. The van der Waals surface area contributed by atoms with E-state index >= 15 is 0 Å². The van der Waals surface area contributed by atoms with Crippen LogP contribution in [0.3, 0.4) is 0 Å². The first-order chi connectivity index (χ1) is 9.90. The molecule has 0 bridgehead atoms. The predicted molar refractivity (Wildman–Crippen MR) is 80.9 cm³/mol. The highest BCUT2D eigenvalue weighted by molar-refractivity contribution is 7.98. The number of aromatic nitrogens is 3. The molecule has 2 N–H and O–H groups in total. The van der Waals surface area contributed by atoms with Crippen LogP contribution in [0.4, 0.5) is 0 Å². The quantitative estimate of drug-likeness (QED) is 0.828. The number of thioether (sulfide) groups is 1. The fraction of sp³-hybridized carbons (Fsp3) is 0.357. The Morgan fingerprint density at radius 2 is 2.19 bits per heavy atom. The number of hydrogen-bond acceptors (Lipinski definition) is 4. The highest BCUT2D eigenvalue weighted by atomic mass is 32.2. The standard InChI is InChI=1S/C14H17N3O3S/c1-8(2)17-13(20)15-16-14(17)21-7-11-5-4-10(12(18)19)6-9(11)3/h4-6,8H,7H2,1-3H3,(H,15,20)(H,18,19). The van der Waals surface area contributed by atoms with Crippen LogP contribution in [0, 0.1) is 6.92 Å². The summed E-state index contributed by atoms with van der Waals surface area (Å²) in [5.41, 5.74) is 2.00. The first-order valence-electron chi connectivity index (χ1n) is 6.52. The van der Waals surface area contributed by atoms with E-state index in [0.717, 1.165) is 11.1 Å². The smallest absolute Gasteiger partial charge is 0.344 e. The van der Waals surface area contributed by atoms with Gasteiger partial charge in [-0.15, -0.1) is 5.10 Å². The Balaban J connectivity index is 2.17. The van der Waals surface area contributed by atoms with E-state index < -0.39 is 5.97 Å². The number of hydrogen-bond donors (Lipinski definition) is 2. The Labute approximate surface area is 126 Å². The summed E-state index contributed by atoms with van der Waals surface area (Å²) in [4.78, 5) is 22.6. The molecule has 21 heavy (non-hydrogen) atoms. The van der Waals surface area contributed by atoms with Crippen LogP contribution in [0.1, 0.15) is 41.4 Å². The third-order valence-corrected chi connectivity index (χ3v) is 4.14. The fourth-order valence-electron chi connectivity index (χ4n) is 1.98. The molecule has 1 heterocycles. The molecule has 2 aromatic rings. The molecule has 0 fully saturated rings. The van der Waals surface area contributed by atoms with E-state index in [1.54, 1.807) is 22.8 Å². The number of rotatable bonds is 5. The minimum Gasteiger partial charge on any atom is -0.478 e. The first-order valence-corrected chi connectivity index (χ1v) is 7.51. The highest BCUT2D eigenvalue weighted by Crippen LogP contribution is 2.24. The van der Waals surface area contributed by atoms with Crippen LogP contribution in [-0.2, 0) is 5.75 Å². The van der Waals surface area contributed by atoms with Crippen molar-refractivity contribution in [3.63, 3.8) is 0 Å². The summed E-state index contributed by atoms with van der Waals surface area (Å²) >= 11 is 1.45. The van der Waals surface area contributed by atoms with E-state index in [0.29, 0.717) is 10.9 Å². The summed E-state index contributed by atoms with van der Waals surface area (Å²) in [6.07, 6.45) is 0. The molecule has 0 saturated carbocycles. The van der Waals surface area contributed by atoms with Crippen molar-refractivity contribution < 1.29 is 9.90 Å². The zero-order valence-electron chi connectivity index (χ0n) is 12.1. The van der Waals surface area contributed by atoms with Crippen LogP contribution in [-0.4, -0.2) is 25.8 Å². The van der Waals surface area contributed by atoms with Gasteiger partial charge >= 0.3 is 11.7 Å². The number of aryl methyl sites for hydroxylation is 1. The van der Waals surface area contributed by atoms with Gasteiger partial charge in [0.2, 0.25) is 0 Å². The lowest BCUT2D eigenvalue weighted by Crippen LogP contribution is -2.19. The van der Waals surface area contributed by atoms with Gasteiger partial charge in [0.05, 0.1) is 5.56 Å². The zero-order chi connectivity index (χ0) is 15.6. The van der Waals surface area contributed by atoms with Gasteiger partial charge in [-0.05, 0) is 44.0 Å². The van der Waals surface area contributed by atoms with Crippen LogP contribution in [0.5, 0.6) is 0 Å². The average Bonchev–Trinajstić information content (AvgIpc) is 2.78. The number of carboxylic acids is 1. The molecule has 1 aromatic carbocycles. The van der Waals surface area contributed by atoms with E-state index in [1.807, 2.05) is 20.8 Å². The Hall–Kier alpha value is -2.02. The van der Waals surface area contributed by atoms with Crippen LogP contribution in [0.2, 0.25) is 0 Å². The summed E-state index contributed by atoms with van der Waals surface area (Å²) in [6, 6.07) is 5.08. The monoisotopic (exact) mass is 307 g/mol. The third kappa shape index (κ3) is 3.36. The van der Waals surface area contributed by atoms with Gasteiger partial charge in [0.25, 0.3) is 0 Å². The normalized spacial score (nSPS) is 11.0. The molecule has 0 saturated heterocycles. The summed E-state index contributed by atoms with van der Waals surface area (Å²) < 4.78 is 1.60. The first kappa shape index (κ1) is 15.4. The van der Waals surface area contributed by atoms with Crippen molar-refractivity contribution >= 4 is 17.7 Å². The molecule has 0 atom stereocenters. The second kappa shape index (κ2) is 6.17. The number of nitrogens with zero attached hydrogens (tertiary/aromatic N) is 2. The molecule has 0 aliphatic rings. The van der Waals surface area contributed by atoms with Crippen molar-refractivity contribution in [1.29, 1.82) is 0 Å². The third-order valence-electron chi connectivity index (χ3n) is 3.13. The predicted octanol–water partition coefficient (Wildman–Crippen LogP) is 2.45. The Morgan fingerprint density at radius 1 is 1.48 bits per heavy atom. The lowest BCUT2D eigenvalue weighted by molar-refractivity contribution is 0.0697. The number of carbonyl (C=O) groups is 1. The van der Waals surface area contributed by atoms with E-state index in [2.05, 4.69) is 10.2 Å². The van der Waals surface area contributed by atoms with Crippen molar-refractivity contribution in [3.8, 4) is 0 Å². The topological polar surface area (TPSA) is 88.0 Å². The lowest BCUT2D eigenvalue weighted by atomic mass is 10.1. The molecule has 0 spiro atoms. The lowest BCUT2D eigenvalue weighted by Gasteiger charge is -2.10. The van der Waals surface area contributed by atoms with Crippen molar-refractivity contribution in [2.24, 2.45) is 0 Å². The minimum absolute atomic E-state index is 0.0363. The van der Waals surface area contributed by atoms with Crippen LogP contribution < -0.4 is 5.69 Å². The Kier molecular flexibility index (Phi) is 4.52. The van der Waals surface area contributed by atoms with Crippen LogP contribution in [0.15, 0.2) is 28.2 Å². The number of H-pyrrole nitrogens is 1. The molecule has 0 amide bonds. The zero-order valence-corrected chi connectivity index (χ0v) is 12.9. The molecule has 0 unspecified atom stereocenters. The second-order valence-electron chi connectivity index (χ2n) is 5.01. The van der Waals surface area contributed by atoms with E-state index in [-0.39, 0.29) is 17.3 Å². The summed E-state index contributed by atoms with van der Waals surface area (Å²) in [6.45, 7) is 5.73. The maximum atomic E-state index is 11.6. The summed E-state index contributed by atoms with van der Waals surface area (Å²) in [5.74, 6) is -0.304. The fourth-order valence-corrected chi connectivity index (χ4v) is 3.13. The van der Waals surface area contributed by atoms with Gasteiger partial charge in [-0.1, -0.05) is 17.8 Å². The number of nitrogens with one attached hydrogen (secondary N) is 1. The second-order valence-corrected chi connectivity index (χ2v) is 5.95. The molecule has 0 aliphatic carbocycles. The van der Waals surface area contributed by atoms with Gasteiger partial charge in [0.1, 0.15) is 0 Å². The van der Waals surface area contributed by atoms with Crippen molar-refractivity contribution in [1.82, 2.24) is 14.8 Å². The molecule has 112 valence electrons. The number of aromatic amines is 1. The molecule has 6 nitrogen and oxygen atoms in total. The van der Waals surface area contributed by atoms with E-state index in [1.165, 1.54) is 11.8 Å². The maximum absolute atomic E-state index is 11.6. The SMILES string of the molecule is Cc1cc(C(=O)O)ccc1CSc1n[nH]c(=O)n1C(C)C. The molecule has 0 aliphatic heterocycles. The molecule has 2 rings (SSSR count). The number of aromatic carboxylic acids is 1.